The van der Waals surface area contributed by atoms with E-state index in [1.165, 1.54) is 12.1 Å². The first-order valence-corrected chi connectivity index (χ1v) is 6.91. The van der Waals surface area contributed by atoms with E-state index in [1.54, 1.807) is 12.1 Å². The molecule has 0 saturated carbocycles. The third kappa shape index (κ3) is 2.54. The molecular weight excluding hydrogens is 255 g/mol. The third-order valence-corrected chi connectivity index (χ3v) is 3.85. The number of ether oxygens (including phenoxy) is 1. The molecule has 0 aliphatic carbocycles. The van der Waals surface area contributed by atoms with Gasteiger partial charge in [0, 0.05) is 18.8 Å². The summed E-state index contributed by atoms with van der Waals surface area (Å²) in [6.07, 6.45) is 1.87. The molecule has 0 spiro atoms. The van der Waals surface area contributed by atoms with Crippen LogP contribution in [0, 0.1) is 5.82 Å². The summed E-state index contributed by atoms with van der Waals surface area (Å²) in [6, 6.07) is 11.9. The SMILES string of the molecule is Oc1cccc(C2CCOCC2)c1-c1cccc(F)c1. The number of halogens is 1. The van der Waals surface area contributed by atoms with Crippen LogP contribution in [0.1, 0.15) is 24.3 Å². The van der Waals surface area contributed by atoms with Crippen LogP contribution in [0.15, 0.2) is 42.5 Å². The summed E-state index contributed by atoms with van der Waals surface area (Å²) >= 11 is 0. The first-order valence-electron chi connectivity index (χ1n) is 6.91. The van der Waals surface area contributed by atoms with E-state index in [0.29, 0.717) is 5.92 Å². The molecule has 1 fully saturated rings. The minimum absolute atomic E-state index is 0.208. The zero-order valence-electron chi connectivity index (χ0n) is 11.2. The van der Waals surface area contributed by atoms with E-state index in [4.69, 9.17) is 4.74 Å². The molecule has 1 saturated heterocycles. The van der Waals surface area contributed by atoms with Crippen LogP contribution in [0.4, 0.5) is 4.39 Å². The lowest BCUT2D eigenvalue weighted by Crippen LogP contribution is -2.14. The molecule has 1 aliphatic heterocycles. The second-order valence-electron chi connectivity index (χ2n) is 5.14. The Bertz CT molecular complexity index is 604. The average Bonchev–Trinajstić information content (AvgIpc) is 2.48. The van der Waals surface area contributed by atoms with Crippen LogP contribution in [0.25, 0.3) is 11.1 Å². The molecule has 0 unspecified atom stereocenters. The van der Waals surface area contributed by atoms with Crippen LogP contribution in [0.2, 0.25) is 0 Å². The van der Waals surface area contributed by atoms with E-state index < -0.39 is 0 Å². The molecule has 2 aromatic rings. The number of benzene rings is 2. The van der Waals surface area contributed by atoms with Gasteiger partial charge in [-0.25, -0.2) is 4.39 Å². The van der Waals surface area contributed by atoms with E-state index in [9.17, 15) is 9.50 Å². The van der Waals surface area contributed by atoms with Crippen LogP contribution >= 0.6 is 0 Å². The summed E-state index contributed by atoms with van der Waals surface area (Å²) in [6.45, 7) is 1.48. The van der Waals surface area contributed by atoms with Crippen molar-refractivity contribution in [3.63, 3.8) is 0 Å². The maximum atomic E-state index is 13.5. The predicted molar refractivity (Wildman–Crippen MR) is 76.3 cm³/mol. The highest BCUT2D eigenvalue weighted by molar-refractivity contribution is 5.74. The zero-order valence-corrected chi connectivity index (χ0v) is 11.2. The van der Waals surface area contributed by atoms with Crippen LogP contribution in [-0.2, 0) is 4.74 Å². The number of hydrogen-bond donors (Lipinski definition) is 1. The molecule has 2 nitrogen and oxygen atoms in total. The second-order valence-corrected chi connectivity index (χ2v) is 5.14. The Morgan fingerprint density at radius 2 is 1.80 bits per heavy atom. The van der Waals surface area contributed by atoms with Crippen LogP contribution < -0.4 is 0 Å². The van der Waals surface area contributed by atoms with Gasteiger partial charge in [-0.3, -0.25) is 0 Å². The van der Waals surface area contributed by atoms with Gasteiger partial charge < -0.3 is 9.84 Å². The Balaban J connectivity index is 2.09. The Kier molecular flexibility index (Phi) is 3.70. The molecule has 0 atom stereocenters. The molecule has 2 aromatic carbocycles. The molecule has 104 valence electrons. The second kappa shape index (κ2) is 5.63. The average molecular weight is 272 g/mol. The largest absolute Gasteiger partial charge is 0.507 e. The first-order chi connectivity index (χ1) is 9.75. The number of phenols is 1. The molecule has 1 aliphatic rings. The fourth-order valence-electron chi connectivity index (χ4n) is 2.86. The number of hydrogen-bond acceptors (Lipinski definition) is 2. The van der Waals surface area contributed by atoms with E-state index in [1.807, 2.05) is 18.2 Å². The summed E-state index contributed by atoms with van der Waals surface area (Å²) in [5, 5.41) is 10.2. The van der Waals surface area contributed by atoms with Gasteiger partial charge in [-0.15, -0.1) is 0 Å². The lowest BCUT2D eigenvalue weighted by atomic mass is 9.85. The smallest absolute Gasteiger partial charge is 0.123 e. The number of phenolic OH excluding ortho intramolecular Hbond substituents is 1. The highest BCUT2D eigenvalue weighted by atomic mass is 19.1. The summed E-state index contributed by atoms with van der Waals surface area (Å²) in [7, 11) is 0. The highest BCUT2D eigenvalue weighted by Crippen LogP contribution is 2.39. The van der Waals surface area contributed by atoms with Crippen molar-refractivity contribution in [2.24, 2.45) is 0 Å². The Hall–Kier alpha value is -1.87. The first kappa shape index (κ1) is 13.1. The van der Waals surface area contributed by atoms with E-state index in [0.717, 1.165) is 42.7 Å². The molecule has 3 heteroatoms. The van der Waals surface area contributed by atoms with Crippen LogP contribution in [0.5, 0.6) is 5.75 Å². The van der Waals surface area contributed by atoms with Crippen molar-refractivity contribution in [3.05, 3.63) is 53.8 Å². The molecule has 0 radical (unpaired) electrons. The Labute approximate surface area is 117 Å². The van der Waals surface area contributed by atoms with Crippen molar-refractivity contribution in [1.82, 2.24) is 0 Å². The van der Waals surface area contributed by atoms with Crippen molar-refractivity contribution in [3.8, 4) is 16.9 Å². The third-order valence-electron chi connectivity index (χ3n) is 3.85. The van der Waals surface area contributed by atoms with Gasteiger partial charge >= 0.3 is 0 Å². The Morgan fingerprint density at radius 3 is 2.55 bits per heavy atom. The Morgan fingerprint density at radius 1 is 1.05 bits per heavy atom. The van der Waals surface area contributed by atoms with Gasteiger partial charge in [-0.05, 0) is 48.1 Å². The van der Waals surface area contributed by atoms with Gasteiger partial charge in [-0.2, -0.15) is 0 Å². The van der Waals surface area contributed by atoms with Crippen molar-refractivity contribution < 1.29 is 14.2 Å². The minimum atomic E-state index is -0.288. The fraction of sp³-hybridized carbons (Fsp3) is 0.294. The summed E-state index contributed by atoms with van der Waals surface area (Å²) in [4.78, 5) is 0. The van der Waals surface area contributed by atoms with Gasteiger partial charge in [0.15, 0.2) is 0 Å². The maximum absolute atomic E-state index is 13.5. The number of rotatable bonds is 2. The molecule has 1 N–H and O–H groups in total. The molecule has 0 aromatic heterocycles. The minimum Gasteiger partial charge on any atom is -0.507 e. The molecule has 0 bridgehead atoms. The lowest BCUT2D eigenvalue weighted by molar-refractivity contribution is 0.0854. The summed E-state index contributed by atoms with van der Waals surface area (Å²) < 4.78 is 18.9. The fourth-order valence-corrected chi connectivity index (χ4v) is 2.86. The normalized spacial score (nSPS) is 16.2. The molecule has 0 amide bonds. The quantitative estimate of drug-likeness (QED) is 0.892. The molecule has 1 heterocycles. The monoisotopic (exact) mass is 272 g/mol. The van der Waals surface area contributed by atoms with E-state index >= 15 is 0 Å². The van der Waals surface area contributed by atoms with E-state index in [-0.39, 0.29) is 11.6 Å². The lowest BCUT2D eigenvalue weighted by Gasteiger charge is -2.25. The zero-order chi connectivity index (χ0) is 13.9. The molecule has 20 heavy (non-hydrogen) atoms. The van der Waals surface area contributed by atoms with Crippen molar-refractivity contribution in [2.45, 2.75) is 18.8 Å². The van der Waals surface area contributed by atoms with Gasteiger partial charge in [0.25, 0.3) is 0 Å². The topological polar surface area (TPSA) is 29.5 Å². The summed E-state index contributed by atoms with van der Waals surface area (Å²) in [5.41, 5.74) is 2.56. The standard InChI is InChI=1S/C17H17FO2/c18-14-4-1-3-13(11-14)17-15(5-2-6-16(17)19)12-7-9-20-10-8-12/h1-6,11-12,19H,7-10H2. The van der Waals surface area contributed by atoms with Gasteiger partial charge in [-0.1, -0.05) is 24.3 Å². The van der Waals surface area contributed by atoms with E-state index in [2.05, 4.69) is 0 Å². The predicted octanol–water partition coefficient (Wildman–Crippen LogP) is 4.09. The van der Waals surface area contributed by atoms with Gasteiger partial charge in [0.2, 0.25) is 0 Å². The van der Waals surface area contributed by atoms with Gasteiger partial charge in [0.05, 0.1) is 0 Å². The summed E-state index contributed by atoms with van der Waals surface area (Å²) in [5.74, 6) is 0.275. The van der Waals surface area contributed by atoms with Gasteiger partial charge in [0.1, 0.15) is 11.6 Å². The number of aromatic hydroxyl groups is 1. The molecule has 3 rings (SSSR count). The van der Waals surface area contributed by atoms with Crippen LogP contribution in [0.3, 0.4) is 0 Å². The van der Waals surface area contributed by atoms with Crippen molar-refractivity contribution >= 4 is 0 Å². The highest BCUT2D eigenvalue weighted by Gasteiger charge is 2.21. The van der Waals surface area contributed by atoms with Crippen molar-refractivity contribution in [2.75, 3.05) is 13.2 Å². The molecular formula is C17H17FO2. The van der Waals surface area contributed by atoms with Crippen LogP contribution in [-0.4, -0.2) is 18.3 Å². The maximum Gasteiger partial charge on any atom is 0.123 e. The van der Waals surface area contributed by atoms with Crippen molar-refractivity contribution in [1.29, 1.82) is 0 Å².